The third-order valence-electron chi connectivity index (χ3n) is 3.23. The Bertz CT molecular complexity index is 743. The molecule has 0 bridgehead atoms. The molecule has 1 amide bonds. The Labute approximate surface area is 131 Å². The maximum atomic E-state index is 12.1. The Balaban J connectivity index is 2.14. The van der Waals surface area contributed by atoms with Gasteiger partial charge in [-0.05, 0) is 18.1 Å². The van der Waals surface area contributed by atoms with E-state index >= 15 is 0 Å². The van der Waals surface area contributed by atoms with Gasteiger partial charge < -0.3 is 15.2 Å². The fourth-order valence-corrected chi connectivity index (χ4v) is 2.16. The first-order valence-corrected chi connectivity index (χ1v) is 6.81. The van der Waals surface area contributed by atoms with Crippen LogP contribution in [-0.4, -0.2) is 23.3 Å². The highest BCUT2D eigenvalue weighted by Crippen LogP contribution is 2.21. The van der Waals surface area contributed by atoms with E-state index in [2.05, 4.69) is 5.32 Å². The van der Waals surface area contributed by atoms with Crippen molar-refractivity contribution in [2.45, 2.75) is 6.42 Å². The van der Waals surface area contributed by atoms with Gasteiger partial charge in [-0.1, -0.05) is 36.4 Å². The highest BCUT2D eigenvalue weighted by molar-refractivity contribution is 6.06. The first-order valence-electron chi connectivity index (χ1n) is 6.81. The molecule has 2 rings (SSSR count). The summed E-state index contributed by atoms with van der Waals surface area (Å²) in [6.07, 6.45) is 0.558. The number of nitro groups is 1. The molecule has 7 heteroatoms. The predicted octanol–water partition coefficient (Wildman–Crippen LogP) is 0.931. The number of carboxylic acid groups (broad SMARTS) is 1. The summed E-state index contributed by atoms with van der Waals surface area (Å²) in [4.78, 5) is 33.3. The Hall–Kier alpha value is -3.22. The van der Waals surface area contributed by atoms with Gasteiger partial charge in [-0.3, -0.25) is 14.9 Å². The van der Waals surface area contributed by atoms with Gasteiger partial charge in [-0.25, -0.2) is 0 Å². The van der Waals surface area contributed by atoms with Crippen molar-refractivity contribution in [3.8, 4) is 0 Å². The molecule has 0 fully saturated rings. The monoisotopic (exact) mass is 313 g/mol. The number of benzene rings is 2. The van der Waals surface area contributed by atoms with Crippen LogP contribution in [-0.2, 0) is 6.42 Å². The molecule has 2 aromatic rings. The van der Waals surface area contributed by atoms with Gasteiger partial charge in [0.2, 0.25) is 0 Å². The molecular weight excluding hydrogens is 300 g/mol. The summed E-state index contributed by atoms with van der Waals surface area (Å²) >= 11 is 0. The quantitative estimate of drug-likeness (QED) is 0.629. The fraction of sp³-hybridized carbons (Fsp3) is 0.125. The minimum atomic E-state index is -1.76. The van der Waals surface area contributed by atoms with Crippen LogP contribution < -0.4 is 10.4 Å². The Kier molecular flexibility index (Phi) is 5.03. The number of carbonyl (C=O) groups is 2. The summed E-state index contributed by atoms with van der Waals surface area (Å²) in [5, 5.41) is 24.6. The van der Waals surface area contributed by atoms with Crippen molar-refractivity contribution < 1.29 is 19.6 Å². The van der Waals surface area contributed by atoms with Gasteiger partial charge in [0.25, 0.3) is 11.6 Å². The molecule has 7 nitrogen and oxygen atoms in total. The molecule has 0 saturated heterocycles. The minimum Gasteiger partial charge on any atom is -0.545 e. The summed E-state index contributed by atoms with van der Waals surface area (Å²) in [6, 6.07) is 12.9. The molecule has 0 saturated carbocycles. The van der Waals surface area contributed by atoms with E-state index in [4.69, 9.17) is 0 Å². The molecule has 0 aliphatic heterocycles. The Morgan fingerprint density at radius 3 is 2.35 bits per heavy atom. The molecule has 2 aromatic carbocycles. The van der Waals surface area contributed by atoms with Gasteiger partial charge >= 0.3 is 0 Å². The van der Waals surface area contributed by atoms with Gasteiger partial charge in [0.05, 0.1) is 22.0 Å². The molecule has 0 spiro atoms. The van der Waals surface area contributed by atoms with E-state index in [0.29, 0.717) is 6.42 Å². The summed E-state index contributed by atoms with van der Waals surface area (Å²) in [7, 11) is 0. The zero-order chi connectivity index (χ0) is 16.8. The summed E-state index contributed by atoms with van der Waals surface area (Å²) < 4.78 is 0. The van der Waals surface area contributed by atoms with Gasteiger partial charge in [0.1, 0.15) is 0 Å². The average Bonchev–Trinajstić information content (AvgIpc) is 2.54. The lowest BCUT2D eigenvalue weighted by atomic mass is 10.0. The molecule has 0 aromatic heterocycles. The van der Waals surface area contributed by atoms with Crippen LogP contribution in [0.15, 0.2) is 48.5 Å². The number of nitro benzene ring substituents is 1. The zero-order valence-electron chi connectivity index (χ0n) is 12.0. The lowest BCUT2D eigenvalue weighted by Crippen LogP contribution is -2.31. The van der Waals surface area contributed by atoms with Crippen molar-refractivity contribution in [3.63, 3.8) is 0 Å². The molecule has 0 radical (unpaired) electrons. The number of aromatic carboxylic acids is 1. The normalized spacial score (nSPS) is 10.1. The predicted molar refractivity (Wildman–Crippen MR) is 79.9 cm³/mol. The summed E-state index contributed by atoms with van der Waals surface area (Å²) in [6.45, 7) is 0.276. The van der Waals surface area contributed by atoms with E-state index in [1.807, 2.05) is 30.3 Å². The standard InChI is InChI=1S/C16H14N2O5/c19-15(17-10-9-11-5-2-1-3-6-11)12-7-4-8-13(18(22)23)14(12)16(20)21/h1-8H,9-10H2,(H,17,19)(H,20,21)/p-1. The first kappa shape index (κ1) is 16.2. The highest BCUT2D eigenvalue weighted by Gasteiger charge is 2.22. The van der Waals surface area contributed by atoms with Crippen molar-refractivity contribution in [3.05, 3.63) is 75.3 Å². The number of rotatable bonds is 6. The number of hydrogen-bond donors (Lipinski definition) is 1. The third-order valence-corrected chi connectivity index (χ3v) is 3.23. The van der Waals surface area contributed by atoms with Crippen molar-refractivity contribution in [1.29, 1.82) is 0 Å². The number of nitrogens with zero attached hydrogens (tertiary/aromatic N) is 1. The van der Waals surface area contributed by atoms with E-state index in [1.54, 1.807) is 0 Å². The maximum Gasteiger partial charge on any atom is 0.279 e. The third kappa shape index (κ3) is 3.91. The van der Waals surface area contributed by atoms with Crippen molar-refractivity contribution in [2.24, 2.45) is 0 Å². The second-order valence-electron chi connectivity index (χ2n) is 4.74. The molecule has 0 atom stereocenters. The molecule has 1 N–H and O–H groups in total. The molecule has 118 valence electrons. The number of carboxylic acids is 1. The van der Waals surface area contributed by atoms with E-state index in [0.717, 1.165) is 11.6 Å². The van der Waals surface area contributed by atoms with Crippen LogP contribution in [0.1, 0.15) is 26.3 Å². The summed E-state index contributed by atoms with van der Waals surface area (Å²) in [5.74, 6) is -2.45. The van der Waals surface area contributed by atoms with Crippen LogP contribution in [0.5, 0.6) is 0 Å². The van der Waals surface area contributed by atoms with Gasteiger partial charge in [0.15, 0.2) is 0 Å². The van der Waals surface area contributed by atoms with Gasteiger partial charge in [0, 0.05) is 12.6 Å². The van der Waals surface area contributed by atoms with E-state index in [-0.39, 0.29) is 12.1 Å². The molecule has 23 heavy (non-hydrogen) atoms. The fourth-order valence-electron chi connectivity index (χ4n) is 2.16. The zero-order valence-corrected chi connectivity index (χ0v) is 12.0. The molecule has 0 unspecified atom stereocenters. The lowest BCUT2D eigenvalue weighted by molar-refractivity contribution is -0.385. The van der Waals surface area contributed by atoms with E-state index < -0.39 is 28.1 Å². The highest BCUT2D eigenvalue weighted by atomic mass is 16.6. The SMILES string of the molecule is O=C(NCCc1ccccc1)c1cccc([N+](=O)[O-])c1C(=O)[O-]. The second-order valence-corrected chi connectivity index (χ2v) is 4.74. The van der Waals surface area contributed by atoms with Crippen molar-refractivity contribution in [1.82, 2.24) is 5.32 Å². The first-order chi connectivity index (χ1) is 11.0. The number of amides is 1. The molecular formula is C16H13N2O5-. The van der Waals surface area contributed by atoms with Gasteiger partial charge in [-0.2, -0.15) is 0 Å². The molecule has 0 aliphatic carbocycles. The van der Waals surface area contributed by atoms with Crippen LogP contribution in [0.4, 0.5) is 5.69 Å². The van der Waals surface area contributed by atoms with Crippen LogP contribution in [0.25, 0.3) is 0 Å². The van der Waals surface area contributed by atoms with Gasteiger partial charge in [-0.15, -0.1) is 0 Å². The lowest BCUT2D eigenvalue weighted by Gasteiger charge is -2.11. The van der Waals surface area contributed by atoms with E-state index in [1.165, 1.54) is 12.1 Å². The average molecular weight is 313 g/mol. The number of hydrogen-bond acceptors (Lipinski definition) is 5. The van der Waals surface area contributed by atoms with Crippen molar-refractivity contribution >= 4 is 17.6 Å². The maximum absolute atomic E-state index is 12.1. The molecule has 0 aliphatic rings. The van der Waals surface area contributed by atoms with Crippen LogP contribution in [0, 0.1) is 10.1 Å². The van der Waals surface area contributed by atoms with Crippen molar-refractivity contribution in [2.75, 3.05) is 6.54 Å². The minimum absolute atomic E-state index is 0.276. The Morgan fingerprint density at radius 2 is 1.74 bits per heavy atom. The van der Waals surface area contributed by atoms with E-state index in [9.17, 15) is 24.8 Å². The summed E-state index contributed by atoms with van der Waals surface area (Å²) in [5.41, 5.74) is -0.658. The topological polar surface area (TPSA) is 112 Å². The second kappa shape index (κ2) is 7.17. The number of nitrogens with one attached hydrogen (secondary N) is 1. The molecule has 0 heterocycles. The van der Waals surface area contributed by atoms with Crippen LogP contribution in [0.2, 0.25) is 0 Å². The van der Waals surface area contributed by atoms with Crippen LogP contribution in [0.3, 0.4) is 0 Å². The number of carbonyl (C=O) groups excluding carboxylic acids is 2. The Morgan fingerprint density at radius 1 is 1.04 bits per heavy atom. The largest absolute Gasteiger partial charge is 0.545 e. The van der Waals surface area contributed by atoms with Crippen LogP contribution >= 0.6 is 0 Å². The smallest absolute Gasteiger partial charge is 0.279 e.